The first-order valence-corrected chi connectivity index (χ1v) is 14.2. The standard InChI is InChI=1S/C31H34ClFN6O/c1-38-11-13-39(14-12-38)18-25-6-9-28(36-25)22-5-8-29-26(16-22)31(35-20-34-29)37-24-7-10-30(27(32)17-24)40-19-21-3-2-4-23(33)15-21/h2-5,7-8,10,15-17,20,25,28,36H,6,9,11-14,18-19H2,1H3,(H,34,35,37). The van der Waals surface area contributed by atoms with Crippen molar-refractivity contribution in [3.05, 3.63) is 89.0 Å². The van der Waals surface area contributed by atoms with Gasteiger partial charge in [-0.15, -0.1) is 0 Å². The van der Waals surface area contributed by atoms with Gasteiger partial charge >= 0.3 is 0 Å². The number of anilines is 2. The summed E-state index contributed by atoms with van der Waals surface area (Å²) < 4.78 is 19.3. The third-order valence-electron chi connectivity index (χ3n) is 7.85. The number of nitrogens with zero attached hydrogens (tertiary/aromatic N) is 4. The molecule has 3 aromatic carbocycles. The van der Waals surface area contributed by atoms with Crippen molar-refractivity contribution in [2.45, 2.75) is 31.5 Å². The fourth-order valence-electron chi connectivity index (χ4n) is 5.58. The zero-order chi connectivity index (χ0) is 27.5. The Bertz CT molecular complexity index is 1480. The summed E-state index contributed by atoms with van der Waals surface area (Å²) in [7, 11) is 2.20. The molecule has 6 rings (SSSR count). The quantitative estimate of drug-likeness (QED) is 0.283. The van der Waals surface area contributed by atoms with Crippen molar-refractivity contribution in [2.24, 2.45) is 0 Å². The van der Waals surface area contributed by atoms with Crippen molar-refractivity contribution in [3.8, 4) is 5.75 Å². The van der Waals surface area contributed by atoms with Crippen molar-refractivity contribution in [2.75, 3.05) is 45.1 Å². The summed E-state index contributed by atoms with van der Waals surface area (Å²) in [6.07, 6.45) is 3.87. The van der Waals surface area contributed by atoms with Crippen LogP contribution in [0.1, 0.15) is 30.0 Å². The second kappa shape index (κ2) is 12.1. The molecule has 0 amide bonds. The second-order valence-electron chi connectivity index (χ2n) is 10.8. The molecule has 2 N–H and O–H groups in total. The molecule has 40 heavy (non-hydrogen) atoms. The summed E-state index contributed by atoms with van der Waals surface area (Å²) in [5.74, 6) is 0.967. The number of piperazine rings is 1. The van der Waals surface area contributed by atoms with E-state index in [0.717, 1.165) is 67.1 Å². The third kappa shape index (κ3) is 6.36. The van der Waals surface area contributed by atoms with Gasteiger partial charge in [-0.3, -0.25) is 4.90 Å². The molecule has 0 aliphatic carbocycles. The van der Waals surface area contributed by atoms with Crippen LogP contribution in [0.15, 0.2) is 67.0 Å². The predicted octanol–water partition coefficient (Wildman–Crippen LogP) is 5.79. The maximum Gasteiger partial charge on any atom is 0.141 e. The molecule has 2 fully saturated rings. The second-order valence-corrected chi connectivity index (χ2v) is 11.2. The summed E-state index contributed by atoms with van der Waals surface area (Å²) >= 11 is 6.53. The van der Waals surface area contributed by atoms with E-state index in [4.69, 9.17) is 16.3 Å². The monoisotopic (exact) mass is 560 g/mol. The Kier molecular flexibility index (Phi) is 8.11. The molecule has 0 saturated carbocycles. The van der Waals surface area contributed by atoms with E-state index < -0.39 is 0 Å². The minimum Gasteiger partial charge on any atom is -0.487 e. The van der Waals surface area contributed by atoms with E-state index in [9.17, 15) is 4.39 Å². The lowest BCUT2D eigenvalue weighted by atomic mass is 10.0. The number of likely N-dealkylation sites (N-methyl/N-ethyl adjacent to an activating group) is 1. The van der Waals surface area contributed by atoms with Crippen LogP contribution in [0.25, 0.3) is 10.9 Å². The van der Waals surface area contributed by atoms with Gasteiger partial charge in [0.15, 0.2) is 0 Å². The van der Waals surface area contributed by atoms with Crippen LogP contribution in [-0.4, -0.2) is 65.6 Å². The molecule has 4 aromatic rings. The molecule has 208 valence electrons. The Labute approximate surface area is 239 Å². The van der Waals surface area contributed by atoms with E-state index in [0.29, 0.717) is 22.9 Å². The Morgan fingerprint density at radius 2 is 1.90 bits per heavy atom. The van der Waals surface area contributed by atoms with E-state index in [2.05, 4.69) is 55.6 Å². The number of rotatable bonds is 8. The highest BCUT2D eigenvalue weighted by Gasteiger charge is 2.27. The van der Waals surface area contributed by atoms with Crippen LogP contribution < -0.4 is 15.4 Å². The summed E-state index contributed by atoms with van der Waals surface area (Å²) in [6.45, 7) is 5.92. The fourth-order valence-corrected chi connectivity index (χ4v) is 5.81. The Morgan fingerprint density at radius 1 is 1.02 bits per heavy atom. The number of benzene rings is 3. The van der Waals surface area contributed by atoms with Crippen LogP contribution in [0.4, 0.5) is 15.9 Å². The molecule has 1 aromatic heterocycles. The molecule has 2 saturated heterocycles. The maximum atomic E-state index is 13.5. The molecular weight excluding hydrogens is 527 g/mol. The van der Waals surface area contributed by atoms with Crippen molar-refractivity contribution in [1.29, 1.82) is 0 Å². The van der Waals surface area contributed by atoms with E-state index in [1.165, 1.54) is 24.1 Å². The highest BCUT2D eigenvalue weighted by molar-refractivity contribution is 6.32. The molecule has 2 aliphatic heterocycles. The van der Waals surface area contributed by atoms with Crippen LogP contribution in [0.2, 0.25) is 5.02 Å². The topological polar surface area (TPSA) is 65.6 Å². The summed E-state index contributed by atoms with van der Waals surface area (Å²) in [6, 6.07) is 19.1. The molecule has 2 aliphatic rings. The summed E-state index contributed by atoms with van der Waals surface area (Å²) in [4.78, 5) is 14.0. The number of halogens is 2. The van der Waals surface area contributed by atoms with Crippen molar-refractivity contribution in [1.82, 2.24) is 25.1 Å². The SMILES string of the molecule is CN1CCN(CC2CCC(c3ccc4ncnc(Nc5ccc(OCc6cccc(F)c6)c(Cl)c5)c4c3)N2)CC1. The molecule has 3 heterocycles. The van der Waals surface area contributed by atoms with Gasteiger partial charge in [-0.25, -0.2) is 14.4 Å². The smallest absolute Gasteiger partial charge is 0.141 e. The van der Waals surface area contributed by atoms with Crippen LogP contribution in [0.5, 0.6) is 5.75 Å². The Hall–Kier alpha value is -3.30. The third-order valence-corrected chi connectivity index (χ3v) is 8.15. The first kappa shape index (κ1) is 26.9. The molecule has 2 unspecified atom stereocenters. The first-order chi connectivity index (χ1) is 19.5. The first-order valence-electron chi connectivity index (χ1n) is 13.9. The zero-order valence-electron chi connectivity index (χ0n) is 22.6. The van der Waals surface area contributed by atoms with Gasteiger partial charge in [-0.2, -0.15) is 0 Å². The van der Waals surface area contributed by atoms with Crippen LogP contribution >= 0.6 is 11.6 Å². The molecule has 2 atom stereocenters. The van der Waals surface area contributed by atoms with Crippen LogP contribution in [0, 0.1) is 5.82 Å². The van der Waals surface area contributed by atoms with Gasteiger partial charge < -0.3 is 20.3 Å². The van der Waals surface area contributed by atoms with Crippen molar-refractivity contribution < 1.29 is 9.13 Å². The van der Waals surface area contributed by atoms with Gasteiger partial charge in [-0.05, 0) is 73.5 Å². The summed E-state index contributed by atoms with van der Waals surface area (Å²) in [5.41, 5.74) is 3.67. The fraction of sp³-hybridized carbons (Fsp3) is 0.355. The van der Waals surface area contributed by atoms with Crippen LogP contribution in [0.3, 0.4) is 0 Å². The predicted molar refractivity (Wildman–Crippen MR) is 158 cm³/mol. The highest BCUT2D eigenvalue weighted by Crippen LogP contribution is 2.33. The van der Waals surface area contributed by atoms with Gasteiger partial charge in [0.2, 0.25) is 0 Å². The molecule has 0 radical (unpaired) electrons. The van der Waals surface area contributed by atoms with Gasteiger partial charge in [0.1, 0.15) is 30.3 Å². The average Bonchev–Trinajstić information content (AvgIpc) is 3.42. The van der Waals surface area contributed by atoms with E-state index in [1.54, 1.807) is 12.4 Å². The Morgan fingerprint density at radius 3 is 2.73 bits per heavy atom. The van der Waals surface area contributed by atoms with Gasteiger partial charge in [0.25, 0.3) is 0 Å². The van der Waals surface area contributed by atoms with E-state index in [1.807, 2.05) is 24.3 Å². The number of hydrogen-bond donors (Lipinski definition) is 2. The lowest BCUT2D eigenvalue weighted by Gasteiger charge is -2.34. The van der Waals surface area contributed by atoms with E-state index >= 15 is 0 Å². The van der Waals surface area contributed by atoms with Gasteiger partial charge in [0, 0.05) is 55.9 Å². The molecule has 7 nitrogen and oxygen atoms in total. The largest absolute Gasteiger partial charge is 0.487 e. The maximum absolute atomic E-state index is 13.5. The number of aromatic nitrogens is 2. The average molecular weight is 561 g/mol. The molecule has 0 bridgehead atoms. The van der Waals surface area contributed by atoms with E-state index in [-0.39, 0.29) is 12.4 Å². The zero-order valence-corrected chi connectivity index (χ0v) is 23.4. The summed E-state index contributed by atoms with van der Waals surface area (Å²) in [5, 5.41) is 8.71. The number of fused-ring (bicyclic) bond motifs is 1. The van der Waals surface area contributed by atoms with Gasteiger partial charge in [0.05, 0.1) is 10.5 Å². The van der Waals surface area contributed by atoms with Gasteiger partial charge in [-0.1, -0.05) is 29.8 Å². The number of hydrogen-bond acceptors (Lipinski definition) is 7. The Balaban J connectivity index is 1.13. The molecular formula is C31H34ClFN6O. The van der Waals surface area contributed by atoms with Crippen molar-refractivity contribution in [3.63, 3.8) is 0 Å². The normalized spacial score (nSPS) is 20.2. The minimum absolute atomic E-state index is 0.231. The van der Waals surface area contributed by atoms with Crippen LogP contribution in [-0.2, 0) is 6.61 Å². The van der Waals surface area contributed by atoms with Crippen molar-refractivity contribution >= 4 is 34.0 Å². The molecule has 9 heteroatoms. The minimum atomic E-state index is -0.291. The lowest BCUT2D eigenvalue weighted by Crippen LogP contribution is -2.48. The number of ether oxygens (including phenoxy) is 1. The lowest BCUT2D eigenvalue weighted by molar-refractivity contribution is 0.144. The number of nitrogens with one attached hydrogen (secondary N) is 2. The highest BCUT2D eigenvalue weighted by atomic mass is 35.5. The molecule has 0 spiro atoms.